The summed E-state index contributed by atoms with van der Waals surface area (Å²) in [5.41, 5.74) is 2.37. The molecule has 10 nitrogen and oxygen atoms in total. The maximum atomic E-state index is 14.0. The molecule has 294 valence electrons. The minimum atomic E-state index is -0.687. The number of anilines is 2. The third-order valence-electron chi connectivity index (χ3n) is 12.1. The van der Waals surface area contributed by atoms with E-state index in [0.717, 1.165) is 48.8 Å². The van der Waals surface area contributed by atoms with Gasteiger partial charge in [-0.05, 0) is 88.1 Å². The molecule has 4 atom stereocenters. The van der Waals surface area contributed by atoms with Crippen molar-refractivity contribution < 1.29 is 23.9 Å². The van der Waals surface area contributed by atoms with Gasteiger partial charge in [-0.1, -0.05) is 96.1 Å². The number of carbonyl (C=O) groups is 4. The average molecular weight is 742 g/mol. The van der Waals surface area contributed by atoms with E-state index in [1.54, 1.807) is 16.0 Å². The van der Waals surface area contributed by atoms with E-state index in [0.29, 0.717) is 37.3 Å². The number of unbranched alkanes of at least 4 members (excludes halogenated alkanes) is 12. The summed E-state index contributed by atoms with van der Waals surface area (Å²) in [5, 5.41) is 6.02. The summed E-state index contributed by atoms with van der Waals surface area (Å²) < 4.78 is 5.75. The molecule has 54 heavy (non-hydrogen) atoms. The van der Waals surface area contributed by atoms with Crippen LogP contribution in [-0.4, -0.2) is 69.4 Å². The van der Waals surface area contributed by atoms with Crippen molar-refractivity contribution in [1.82, 2.24) is 14.8 Å². The second-order valence-corrected chi connectivity index (χ2v) is 17.4. The number of carbonyl (C=O) groups excluding carboxylic acids is 4. The zero-order valence-corrected chi connectivity index (χ0v) is 33.2. The van der Waals surface area contributed by atoms with Gasteiger partial charge < -0.3 is 25.2 Å². The third-order valence-corrected chi connectivity index (χ3v) is 12.1. The molecule has 2 aliphatic heterocycles. The first-order valence-corrected chi connectivity index (χ1v) is 20.9. The Morgan fingerprint density at radius 2 is 1.59 bits per heavy atom. The number of aromatic nitrogens is 1. The van der Waals surface area contributed by atoms with Crippen molar-refractivity contribution in [1.29, 1.82) is 0 Å². The summed E-state index contributed by atoms with van der Waals surface area (Å²) in [6.45, 7) is 8.40. The Morgan fingerprint density at radius 1 is 0.926 bits per heavy atom. The number of amides is 4. The fraction of sp³-hybridized carbons (Fsp3) is 0.659. The smallest absolute Gasteiger partial charge is 0.410 e. The Kier molecular flexibility index (Phi) is 13.0. The second kappa shape index (κ2) is 17.7. The van der Waals surface area contributed by atoms with E-state index in [1.165, 1.54) is 64.2 Å². The number of pyridine rings is 1. The van der Waals surface area contributed by atoms with E-state index < -0.39 is 11.0 Å². The van der Waals surface area contributed by atoms with Gasteiger partial charge in [0, 0.05) is 30.4 Å². The lowest BCUT2D eigenvalue weighted by molar-refractivity contribution is -0.138. The SMILES string of the molecule is CCCCCCCCCCCCCCCC(=O)N(CC(=O)Nc1ccc2c(c1)C[C@@]1(C2)C(=O)Nc2ncccc21)C1CC2CC1N(C(=O)OC(C)(C)C)C2. The first kappa shape index (κ1) is 39.7. The van der Waals surface area contributed by atoms with Gasteiger partial charge in [-0.25, -0.2) is 9.78 Å². The van der Waals surface area contributed by atoms with Crippen LogP contribution in [0, 0.1) is 5.92 Å². The molecule has 3 unspecified atom stereocenters. The molecule has 3 heterocycles. The van der Waals surface area contributed by atoms with Gasteiger partial charge in [0.05, 0.1) is 17.5 Å². The van der Waals surface area contributed by atoms with Crippen molar-refractivity contribution in [2.45, 2.75) is 166 Å². The summed E-state index contributed by atoms with van der Waals surface area (Å²) in [7, 11) is 0. The highest BCUT2D eigenvalue weighted by Crippen LogP contribution is 2.47. The molecule has 2 aliphatic carbocycles. The predicted molar refractivity (Wildman–Crippen MR) is 212 cm³/mol. The zero-order valence-electron chi connectivity index (χ0n) is 33.2. The van der Waals surface area contributed by atoms with Gasteiger partial charge >= 0.3 is 6.09 Å². The van der Waals surface area contributed by atoms with E-state index in [-0.39, 0.29) is 48.4 Å². The van der Waals surface area contributed by atoms with Gasteiger partial charge in [-0.3, -0.25) is 14.4 Å². The van der Waals surface area contributed by atoms with E-state index in [9.17, 15) is 19.2 Å². The van der Waals surface area contributed by atoms with Crippen molar-refractivity contribution in [2.24, 2.45) is 5.92 Å². The number of likely N-dealkylation sites (tertiary alicyclic amines) is 1. The Balaban J connectivity index is 1.04. The van der Waals surface area contributed by atoms with E-state index in [2.05, 4.69) is 22.5 Å². The number of hydrogen-bond acceptors (Lipinski definition) is 6. The van der Waals surface area contributed by atoms with Crippen molar-refractivity contribution in [3.8, 4) is 0 Å². The molecule has 4 amide bonds. The quantitative estimate of drug-likeness (QED) is 0.148. The number of rotatable bonds is 18. The van der Waals surface area contributed by atoms with Crippen molar-refractivity contribution in [2.75, 3.05) is 23.7 Å². The Hall–Kier alpha value is -3.95. The molecule has 1 saturated heterocycles. The monoisotopic (exact) mass is 741 g/mol. The van der Waals surface area contributed by atoms with Crippen molar-refractivity contribution >= 4 is 35.3 Å². The van der Waals surface area contributed by atoms with Gasteiger partial charge in [0.25, 0.3) is 0 Å². The van der Waals surface area contributed by atoms with Gasteiger partial charge in [0.1, 0.15) is 18.0 Å². The lowest BCUT2D eigenvalue weighted by atomic mass is 9.79. The summed E-state index contributed by atoms with van der Waals surface area (Å²) in [5.74, 6) is 0.575. The van der Waals surface area contributed by atoms with Gasteiger partial charge in [-0.2, -0.15) is 0 Å². The molecule has 6 rings (SSSR count). The molecule has 1 aromatic heterocycles. The summed E-state index contributed by atoms with van der Waals surface area (Å²) in [6, 6.07) is 9.28. The van der Waals surface area contributed by atoms with Gasteiger partial charge in [0.15, 0.2) is 0 Å². The van der Waals surface area contributed by atoms with Crippen LogP contribution >= 0.6 is 0 Å². The first-order chi connectivity index (χ1) is 26.0. The van der Waals surface area contributed by atoms with Crippen LogP contribution in [0.4, 0.5) is 16.3 Å². The number of nitrogens with one attached hydrogen (secondary N) is 2. The maximum absolute atomic E-state index is 14.0. The second-order valence-electron chi connectivity index (χ2n) is 17.4. The third kappa shape index (κ3) is 9.46. The summed E-state index contributed by atoms with van der Waals surface area (Å²) in [4.78, 5) is 62.1. The van der Waals surface area contributed by atoms with Crippen LogP contribution in [0.15, 0.2) is 36.5 Å². The molecule has 2 bridgehead atoms. The van der Waals surface area contributed by atoms with Crippen LogP contribution in [-0.2, 0) is 37.4 Å². The average Bonchev–Trinajstić information content (AvgIpc) is 3.90. The Morgan fingerprint density at radius 3 is 2.26 bits per heavy atom. The molecule has 4 aliphatic rings. The highest BCUT2D eigenvalue weighted by molar-refractivity contribution is 6.06. The number of fused-ring (bicyclic) bond motifs is 5. The lowest BCUT2D eigenvalue weighted by Gasteiger charge is -2.40. The minimum Gasteiger partial charge on any atom is -0.444 e. The minimum absolute atomic E-state index is 0.0228. The number of nitrogens with zero attached hydrogens (tertiary/aromatic N) is 3. The van der Waals surface area contributed by atoms with Crippen LogP contribution in [0.3, 0.4) is 0 Å². The van der Waals surface area contributed by atoms with E-state index in [1.807, 2.05) is 51.1 Å². The largest absolute Gasteiger partial charge is 0.444 e. The fourth-order valence-corrected chi connectivity index (χ4v) is 9.38. The standard InChI is InChI=1S/C44H63N5O5/c1-5-6-7-8-9-10-11-12-13-14-15-16-17-20-39(51)48(36-24-31-25-37(36)49(29-31)42(53)54-43(2,3)4)30-38(50)46-34-22-21-32-27-44(28-33(32)26-34)35-19-18-23-45-40(35)47-41(44)52/h18-19,21-23,26,31,36-37H,5-17,20,24-25,27-30H2,1-4H3,(H,46,50)(H,45,47,52)/t31?,36?,37?,44-/m1/s1. The number of piperidine rings is 1. The van der Waals surface area contributed by atoms with E-state index >= 15 is 0 Å². The van der Waals surface area contributed by atoms with Crippen LogP contribution in [0.2, 0.25) is 0 Å². The van der Waals surface area contributed by atoms with Crippen LogP contribution in [0.1, 0.15) is 147 Å². The van der Waals surface area contributed by atoms with E-state index in [4.69, 9.17) is 4.74 Å². The molecular formula is C44H63N5O5. The number of hydrogen-bond donors (Lipinski definition) is 2. The fourth-order valence-electron chi connectivity index (χ4n) is 9.38. The predicted octanol–water partition coefficient (Wildman–Crippen LogP) is 8.72. The molecule has 2 aromatic rings. The van der Waals surface area contributed by atoms with Crippen molar-refractivity contribution in [3.05, 3.63) is 53.2 Å². The number of ether oxygens (including phenoxy) is 1. The molecule has 0 radical (unpaired) electrons. The van der Waals surface area contributed by atoms with Gasteiger partial charge in [0.2, 0.25) is 17.7 Å². The highest BCUT2D eigenvalue weighted by atomic mass is 16.6. The highest BCUT2D eigenvalue weighted by Gasteiger charge is 2.52. The molecule has 2 N–H and O–H groups in total. The molecule has 10 heteroatoms. The van der Waals surface area contributed by atoms with Gasteiger partial charge in [-0.15, -0.1) is 0 Å². The molecule has 1 saturated carbocycles. The van der Waals surface area contributed by atoms with Crippen molar-refractivity contribution in [3.63, 3.8) is 0 Å². The van der Waals surface area contributed by atoms with Crippen LogP contribution in [0.25, 0.3) is 0 Å². The first-order valence-electron chi connectivity index (χ1n) is 20.9. The molecule has 1 spiro atoms. The zero-order chi connectivity index (χ0) is 38.3. The van der Waals surface area contributed by atoms with Crippen LogP contribution < -0.4 is 10.6 Å². The van der Waals surface area contributed by atoms with Crippen LogP contribution in [0.5, 0.6) is 0 Å². The Labute approximate surface area is 322 Å². The Bertz CT molecular complexity index is 1650. The molecule has 1 aromatic carbocycles. The summed E-state index contributed by atoms with van der Waals surface area (Å²) >= 11 is 0. The number of benzene rings is 1. The topological polar surface area (TPSA) is 121 Å². The molecular weight excluding hydrogens is 679 g/mol. The summed E-state index contributed by atoms with van der Waals surface area (Å²) in [6.07, 6.45) is 20.5. The lowest BCUT2D eigenvalue weighted by Crippen LogP contribution is -2.56. The molecule has 2 fully saturated rings. The maximum Gasteiger partial charge on any atom is 0.410 e. The normalized spacial score (nSPS) is 22.3.